The summed E-state index contributed by atoms with van der Waals surface area (Å²) in [6, 6.07) is 10.9. The summed E-state index contributed by atoms with van der Waals surface area (Å²) < 4.78 is 1.09. The van der Waals surface area contributed by atoms with E-state index in [1.54, 1.807) is 0 Å². The maximum atomic E-state index is 3.96. The Morgan fingerprint density at radius 2 is 1.42 bits per heavy atom. The molecule has 0 fully saturated rings. The Morgan fingerprint density at radius 1 is 0.875 bits per heavy atom. The van der Waals surface area contributed by atoms with Gasteiger partial charge >= 0.3 is 0 Å². The molecule has 0 amide bonds. The smallest absolute Gasteiger partial charge is 0.104 e. The van der Waals surface area contributed by atoms with Gasteiger partial charge in [-0.2, -0.15) is 0 Å². The Bertz CT molecular complexity index is 404. The highest BCUT2D eigenvalue weighted by atomic mass is 35.5. The van der Waals surface area contributed by atoms with Gasteiger partial charge in [-0.15, -0.1) is 0 Å². The van der Waals surface area contributed by atoms with Crippen LogP contribution in [0.25, 0.3) is 0 Å². The van der Waals surface area contributed by atoms with Gasteiger partial charge in [0.1, 0.15) is 6.54 Å². The first-order valence-corrected chi connectivity index (χ1v) is 9.68. The standard InChI is InChI=1S/C22H38N.ClH/c1-4-6-7-8-9-10-11-12-16-20-23(3,19-5-2)21-22-17-14-13-15-18-22;/h5,13-15,17-18H,2,4,6-12,16,19-21H2,1,3H3;1H/q+1;/p-1. The van der Waals surface area contributed by atoms with Crippen LogP contribution in [0.5, 0.6) is 0 Å². The van der Waals surface area contributed by atoms with E-state index in [1.165, 1.54) is 69.9 Å². The van der Waals surface area contributed by atoms with Crippen LogP contribution in [0.3, 0.4) is 0 Å². The molecule has 138 valence electrons. The SMILES string of the molecule is C=CC[N+](C)(CCCCCCCCCCC)Cc1ccccc1.[Cl-]. The summed E-state index contributed by atoms with van der Waals surface area (Å²) in [6.45, 7) is 9.69. The molecule has 0 saturated carbocycles. The Labute approximate surface area is 157 Å². The van der Waals surface area contributed by atoms with Crippen molar-refractivity contribution in [2.24, 2.45) is 0 Å². The number of hydrogen-bond donors (Lipinski definition) is 0. The minimum absolute atomic E-state index is 0. The van der Waals surface area contributed by atoms with E-state index in [4.69, 9.17) is 0 Å². The summed E-state index contributed by atoms with van der Waals surface area (Å²) in [6.07, 6.45) is 14.7. The topological polar surface area (TPSA) is 0 Å². The second-order valence-electron chi connectivity index (χ2n) is 7.29. The van der Waals surface area contributed by atoms with E-state index in [0.29, 0.717) is 0 Å². The molecule has 0 saturated heterocycles. The lowest BCUT2D eigenvalue weighted by Gasteiger charge is -2.34. The predicted molar refractivity (Wildman–Crippen MR) is 103 cm³/mol. The lowest BCUT2D eigenvalue weighted by molar-refractivity contribution is -0.917. The fraction of sp³-hybridized carbons (Fsp3) is 0.636. The Balaban J connectivity index is 0.00000529. The van der Waals surface area contributed by atoms with Gasteiger partial charge in [-0.3, -0.25) is 0 Å². The van der Waals surface area contributed by atoms with E-state index >= 15 is 0 Å². The molecule has 0 N–H and O–H groups in total. The molecule has 1 aromatic rings. The highest BCUT2D eigenvalue weighted by molar-refractivity contribution is 5.13. The number of nitrogens with zero attached hydrogens (tertiary/aromatic N) is 1. The summed E-state index contributed by atoms with van der Waals surface area (Å²) in [4.78, 5) is 0. The summed E-state index contributed by atoms with van der Waals surface area (Å²) in [5.74, 6) is 0. The van der Waals surface area contributed by atoms with Gasteiger partial charge in [0.15, 0.2) is 0 Å². The van der Waals surface area contributed by atoms with E-state index in [1.807, 2.05) is 0 Å². The molecule has 1 aromatic carbocycles. The van der Waals surface area contributed by atoms with Gasteiger partial charge in [-0.05, 0) is 18.9 Å². The molecule has 0 bridgehead atoms. The van der Waals surface area contributed by atoms with Crippen LogP contribution in [-0.2, 0) is 6.54 Å². The number of benzene rings is 1. The second kappa shape index (κ2) is 14.5. The van der Waals surface area contributed by atoms with Crippen molar-refractivity contribution in [1.82, 2.24) is 0 Å². The van der Waals surface area contributed by atoms with E-state index < -0.39 is 0 Å². The number of rotatable bonds is 14. The first kappa shape index (κ1) is 23.2. The number of hydrogen-bond acceptors (Lipinski definition) is 0. The van der Waals surface area contributed by atoms with Crippen LogP contribution in [-0.4, -0.2) is 24.6 Å². The maximum absolute atomic E-state index is 3.96. The highest BCUT2D eigenvalue weighted by Gasteiger charge is 2.19. The molecule has 24 heavy (non-hydrogen) atoms. The van der Waals surface area contributed by atoms with E-state index in [2.05, 4.69) is 57.0 Å². The summed E-state index contributed by atoms with van der Waals surface area (Å²) in [5, 5.41) is 0. The largest absolute Gasteiger partial charge is 1.00 e. The van der Waals surface area contributed by atoms with Gasteiger partial charge in [-0.25, -0.2) is 0 Å². The van der Waals surface area contributed by atoms with Crippen molar-refractivity contribution in [1.29, 1.82) is 0 Å². The minimum atomic E-state index is 0. The fourth-order valence-corrected chi connectivity index (χ4v) is 3.37. The third kappa shape index (κ3) is 10.9. The van der Waals surface area contributed by atoms with E-state index in [0.717, 1.165) is 17.6 Å². The fourth-order valence-electron chi connectivity index (χ4n) is 3.37. The van der Waals surface area contributed by atoms with E-state index in [-0.39, 0.29) is 12.4 Å². The molecule has 1 nitrogen and oxygen atoms in total. The molecule has 1 atom stereocenters. The van der Waals surface area contributed by atoms with E-state index in [9.17, 15) is 0 Å². The third-order valence-corrected chi connectivity index (χ3v) is 4.78. The zero-order chi connectivity index (χ0) is 16.8. The van der Waals surface area contributed by atoms with Crippen molar-refractivity contribution in [3.63, 3.8) is 0 Å². The quantitative estimate of drug-likeness (QED) is 0.274. The molecule has 0 aliphatic heterocycles. The van der Waals surface area contributed by atoms with Gasteiger partial charge in [0.05, 0.1) is 20.1 Å². The first-order valence-electron chi connectivity index (χ1n) is 9.68. The molecule has 0 aliphatic carbocycles. The number of quaternary nitrogens is 1. The number of likely N-dealkylation sites (N-methyl/N-ethyl adjacent to an activating group) is 1. The molecule has 0 radical (unpaired) electrons. The number of unbranched alkanes of at least 4 members (excludes halogenated alkanes) is 8. The zero-order valence-electron chi connectivity index (χ0n) is 16.0. The molecule has 0 spiro atoms. The molecule has 1 unspecified atom stereocenters. The average molecular weight is 352 g/mol. The normalized spacial score (nSPS) is 13.1. The van der Waals surface area contributed by atoms with Crippen molar-refractivity contribution in [2.75, 3.05) is 20.1 Å². The molecule has 0 aliphatic rings. The van der Waals surface area contributed by atoms with Gasteiger partial charge in [0.2, 0.25) is 0 Å². The third-order valence-electron chi connectivity index (χ3n) is 4.78. The van der Waals surface area contributed by atoms with Gasteiger partial charge < -0.3 is 16.9 Å². The summed E-state index contributed by atoms with van der Waals surface area (Å²) >= 11 is 0. The van der Waals surface area contributed by atoms with Crippen molar-refractivity contribution < 1.29 is 16.9 Å². The van der Waals surface area contributed by atoms with Crippen LogP contribution in [0, 0.1) is 0 Å². The Morgan fingerprint density at radius 3 is 1.96 bits per heavy atom. The lowest BCUT2D eigenvalue weighted by Crippen LogP contribution is -3.00. The summed E-state index contributed by atoms with van der Waals surface area (Å²) in [7, 11) is 2.37. The number of halogens is 1. The van der Waals surface area contributed by atoms with Crippen LogP contribution in [0.1, 0.15) is 70.3 Å². The van der Waals surface area contributed by atoms with Crippen LogP contribution >= 0.6 is 0 Å². The van der Waals surface area contributed by atoms with Gasteiger partial charge in [-0.1, -0.05) is 88.8 Å². The Hall–Kier alpha value is -0.790. The molecule has 0 aromatic heterocycles. The van der Waals surface area contributed by atoms with Gasteiger partial charge in [0, 0.05) is 5.56 Å². The van der Waals surface area contributed by atoms with Crippen molar-refractivity contribution in [3.05, 3.63) is 48.6 Å². The van der Waals surface area contributed by atoms with Crippen molar-refractivity contribution in [2.45, 2.75) is 71.3 Å². The van der Waals surface area contributed by atoms with Crippen LogP contribution in [0.2, 0.25) is 0 Å². The summed E-state index contributed by atoms with van der Waals surface area (Å²) in [5.41, 5.74) is 1.44. The minimum Gasteiger partial charge on any atom is -1.00 e. The molecular weight excluding hydrogens is 314 g/mol. The zero-order valence-corrected chi connectivity index (χ0v) is 16.7. The first-order chi connectivity index (χ1) is 11.2. The molecule has 2 heteroatoms. The second-order valence-corrected chi connectivity index (χ2v) is 7.29. The monoisotopic (exact) mass is 351 g/mol. The van der Waals surface area contributed by atoms with Crippen LogP contribution in [0.4, 0.5) is 0 Å². The van der Waals surface area contributed by atoms with Crippen molar-refractivity contribution in [3.8, 4) is 0 Å². The molecule has 0 heterocycles. The van der Waals surface area contributed by atoms with Crippen molar-refractivity contribution >= 4 is 0 Å². The van der Waals surface area contributed by atoms with Crippen LogP contribution in [0.15, 0.2) is 43.0 Å². The lowest BCUT2D eigenvalue weighted by atomic mass is 10.1. The van der Waals surface area contributed by atoms with Crippen LogP contribution < -0.4 is 12.4 Å². The highest BCUT2D eigenvalue weighted by Crippen LogP contribution is 2.15. The molecule has 1 rings (SSSR count). The van der Waals surface area contributed by atoms with Gasteiger partial charge in [0.25, 0.3) is 0 Å². The predicted octanol–water partition coefficient (Wildman–Crippen LogP) is 3.35. The maximum Gasteiger partial charge on any atom is 0.104 e. The molecular formula is C22H38ClN. The Kier molecular flexibility index (Phi) is 14.1. The average Bonchev–Trinajstić information content (AvgIpc) is 2.54.